The highest BCUT2D eigenvalue weighted by molar-refractivity contribution is 9.10. The zero-order valence-electron chi connectivity index (χ0n) is 10.2. The van der Waals surface area contributed by atoms with Crippen LogP contribution in [-0.4, -0.2) is 6.61 Å². The van der Waals surface area contributed by atoms with Crippen LogP contribution in [0.1, 0.15) is 37.6 Å². The molecule has 0 bridgehead atoms. The van der Waals surface area contributed by atoms with Gasteiger partial charge in [-0.1, -0.05) is 28.9 Å². The highest BCUT2D eigenvalue weighted by Gasteiger charge is 2.33. The van der Waals surface area contributed by atoms with Crippen LogP contribution >= 0.6 is 27.5 Å². The first-order valence-corrected chi connectivity index (χ1v) is 7.42. The van der Waals surface area contributed by atoms with E-state index in [9.17, 15) is 0 Å². The predicted molar refractivity (Wildman–Crippen MR) is 75.8 cm³/mol. The number of ether oxygens (including phenoxy) is 1. The second kappa shape index (κ2) is 5.62. The van der Waals surface area contributed by atoms with Crippen molar-refractivity contribution in [1.29, 1.82) is 0 Å². The summed E-state index contributed by atoms with van der Waals surface area (Å²) in [5.41, 5.74) is 1.18. The summed E-state index contributed by atoms with van der Waals surface area (Å²) in [4.78, 5) is 0. The third-order valence-corrected chi connectivity index (χ3v) is 4.73. The zero-order chi connectivity index (χ0) is 12.4. The third-order valence-electron chi connectivity index (χ3n) is 3.41. The molecule has 1 fully saturated rings. The van der Waals surface area contributed by atoms with Crippen molar-refractivity contribution in [1.82, 2.24) is 0 Å². The Bertz CT molecular complexity index is 390. The van der Waals surface area contributed by atoms with Gasteiger partial charge in [0.05, 0.1) is 12.0 Å². The number of benzene rings is 1. The molecular weight excluding hydrogens is 300 g/mol. The number of hydrogen-bond acceptors (Lipinski definition) is 1. The van der Waals surface area contributed by atoms with Crippen LogP contribution in [0.2, 0.25) is 0 Å². The summed E-state index contributed by atoms with van der Waals surface area (Å²) < 4.78 is 6.52. The summed E-state index contributed by atoms with van der Waals surface area (Å²) in [6.07, 6.45) is 2.66. The summed E-state index contributed by atoms with van der Waals surface area (Å²) in [5.74, 6) is 2.26. The number of alkyl halides is 1. The van der Waals surface area contributed by atoms with Crippen LogP contribution in [0.4, 0.5) is 0 Å². The maximum atomic E-state index is 6.56. The first-order valence-electron chi connectivity index (χ1n) is 6.19. The first-order chi connectivity index (χ1) is 8.13. The van der Waals surface area contributed by atoms with Gasteiger partial charge in [0.2, 0.25) is 0 Å². The molecule has 1 aromatic carbocycles. The normalized spacial score (nSPS) is 18.8. The van der Waals surface area contributed by atoms with Gasteiger partial charge in [-0.3, -0.25) is 0 Å². The minimum Gasteiger partial charge on any atom is -0.494 e. The van der Waals surface area contributed by atoms with E-state index in [1.807, 2.05) is 19.1 Å². The van der Waals surface area contributed by atoms with Crippen molar-refractivity contribution >= 4 is 27.5 Å². The van der Waals surface area contributed by atoms with E-state index >= 15 is 0 Å². The van der Waals surface area contributed by atoms with Crippen molar-refractivity contribution in [3.05, 3.63) is 28.2 Å². The third kappa shape index (κ3) is 3.17. The summed E-state index contributed by atoms with van der Waals surface area (Å²) in [6, 6.07) is 6.08. The lowest BCUT2D eigenvalue weighted by Crippen LogP contribution is -2.07. The molecule has 2 rings (SSSR count). The molecule has 0 spiro atoms. The molecule has 0 aromatic heterocycles. The van der Waals surface area contributed by atoms with Gasteiger partial charge in [0.25, 0.3) is 0 Å². The van der Waals surface area contributed by atoms with E-state index in [-0.39, 0.29) is 5.38 Å². The van der Waals surface area contributed by atoms with E-state index in [2.05, 4.69) is 28.9 Å². The van der Waals surface area contributed by atoms with E-state index in [1.54, 1.807) is 0 Å². The Hall–Kier alpha value is -0.210. The topological polar surface area (TPSA) is 9.23 Å². The lowest BCUT2D eigenvalue weighted by molar-refractivity contribution is 0.340. The molecule has 3 heteroatoms. The maximum Gasteiger partial charge on any atom is 0.120 e. The van der Waals surface area contributed by atoms with E-state index < -0.39 is 0 Å². The maximum absolute atomic E-state index is 6.56. The van der Waals surface area contributed by atoms with Crippen LogP contribution < -0.4 is 4.74 Å². The fourth-order valence-electron chi connectivity index (χ4n) is 2.13. The second-order valence-corrected chi connectivity index (χ2v) is 6.04. The van der Waals surface area contributed by atoms with Gasteiger partial charge in [-0.05, 0) is 49.3 Å². The van der Waals surface area contributed by atoms with Crippen molar-refractivity contribution in [2.45, 2.75) is 32.1 Å². The van der Waals surface area contributed by atoms with Crippen molar-refractivity contribution in [2.24, 2.45) is 11.8 Å². The molecule has 0 aliphatic heterocycles. The first kappa shape index (κ1) is 13.2. The number of hydrogen-bond donors (Lipinski definition) is 0. The predicted octanol–water partition coefficient (Wildman–Crippen LogP) is 5.17. The monoisotopic (exact) mass is 316 g/mol. The average Bonchev–Trinajstić information content (AvgIpc) is 3.12. The second-order valence-electron chi connectivity index (χ2n) is 4.71. The van der Waals surface area contributed by atoms with E-state index in [1.165, 1.54) is 18.4 Å². The van der Waals surface area contributed by atoms with Gasteiger partial charge in [0, 0.05) is 4.47 Å². The van der Waals surface area contributed by atoms with Crippen LogP contribution in [0, 0.1) is 11.8 Å². The Balaban J connectivity index is 2.14. The molecule has 2 unspecified atom stereocenters. The lowest BCUT2D eigenvalue weighted by atomic mass is 9.96. The molecule has 1 aliphatic carbocycles. The van der Waals surface area contributed by atoms with Crippen LogP contribution in [0.25, 0.3) is 0 Å². The Morgan fingerprint density at radius 1 is 1.47 bits per heavy atom. The highest BCUT2D eigenvalue weighted by atomic mass is 79.9. The average molecular weight is 318 g/mol. The molecule has 0 amide bonds. The van der Waals surface area contributed by atoms with Gasteiger partial charge in [-0.25, -0.2) is 0 Å². The van der Waals surface area contributed by atoms with Crippen LogP contribution in [0.5, 0.6) is 5.75 Å². The standard InChI is InChI=1S/C14H18BrClO/c1-3-17-11-6-7-12(13(15)8-11)14(16)9(2)10-4-5-10/h6-10,14H,3-5H2,1-2H3. The van der Waals surface area contributed by atoms with Gasteiger partial charge in [0.1, 0.15) is 5.75 Å². The zero-order valence-corrected chi connectivity index (χ0v) is 12.6. The Kier molecular flexibility index (Phi) is 4.37. The van der Waals surface area contributed by atoms with E-state index in [0.717, 1.165) is 16.1 Å². The molecule has 17 heavy (non-hydrogen) atoms. The molecule has 0 saturated heterocycles. The van der Waals surface area contributed by atoms with E-state index in [4.69, 9.17) is 16.3 Å². The SMILES string of the molecule is CCOc1ccc(C(Cl)C(C)C2CC2)c(Br)c1. The summed E-state index contributed by atoms with van der Waals surface area (Å²) in [6.45, 7) is 4.92. The van der Waals surface area contributed by atoms with Crippen molar-refractivity contribution in [3.63, 3.8) is 0 Å². The van der Waals surface area contributed by atoms with E-state index in [0.29, 0.717) is 12.5 Å². The summed E-state index contributed by atoms with van der Waals surface area (Å²) in [5, 5.41) is 0.0903. The van der Waals surface area contributed by atoms with Gasteiger partial charge in [-0.2, -0.15) is 0 Å². The molecule has 0 N–H and O–H groups in total. The summed E-state index contributed by atoms with van der Waals surface area (Å²) >= 11 is 10.1. The van der Waals surface area contributed by atoms with Crippen molar-refractivity contribution in [3.8, 4) is 5.75 Å². The smallest absolute Gasteiger partial charge is 0.120 e. The molecule has 1 aliphatic rings. The fraction of sp³-hybridized carbons (Fsp3) is 0.571. The van der Waals surface area contributed by atoms with Gasteiger partial charge in [-0.15, -0.1) is 11.6 Å². The largest absolute Gasteiger partial charge is 0.494 e. The molecule has 1 nitrogen and oxygen atoms in total. The molecule has 0 heterocycles. The lowest BCUT2D eigenvalue weighted by Gasteiger charge is -2.19. The van der Waals surface area contributed by atoms with Gasteiger partial charge < -0.3 is 4.74 Å². The Morgan fingerprint density at radius 3 is 2.71 bits per heavy atom. The van der Waals surface area contributed by atoms with Gasteiger partial charge >= 0.3 is 0 Å². The van der Waals surface area contributed by atoms with Crippen LogP contribution in [0.3, 0.4) is 0 Å². The molecule has 0 radical (unpaired) electrons. The number of halogens is 2. The molecule has 94 valence electrons. The molecular formula is C14H18BrClO. The minimum atomic E-state index is 0.0903. The molecule has 1 aromatic rings. The Morgan fingerprint density at radius 2 is 2.18 bits per heavy atom. The minimum absolute atomic E-state index is 0.0903. The number of rotatable bonds is 5. The Labute approximate surface area is 117 Å². The molecule has 1 saturated carbocycles. The summed E-state index contributed by atoms with van der Waals surface area (Å²) in [7, 11) is 0. The van der Waals surface area contributed by atoms with Crippen molar-refractivity contribution < 1.29 is 4.74 Å². The molecule has 2 atom stereocenters. The van der Waals surface area contributed by atoms with Gasteiger partial charge in [0.15, 0.2) is 0 Å². The quantitative estimate of drug-likeness (QED) is 0.680. The fourth-order valence-corrected chi connectivity index (χ4v) is 3.26. The van der Waals surface area contributed by atoms with Crippen molar-refractivity contribution in [2.75, 3.05) is 6.61 Å². The highest BCUT2D eigenvalue weighted by Crippen LogP contribution is 2.46. The van der Waals surface area contributed by atoms with Crippen LogP contribution in [-0.2, 0) is 0 Å². The van der Waals surface area contributed by atoms with Crippen LogP contribution in [0.15, 0.2) is 22.7 Å².